The fraction of sp³-hybridized carbons (Fsp3) is 1.00. The molecule has 2 atom stereocenters. The summed E-state index contributed by atoms with van der Waals surface area (Å²) in [6.45, 7) is 7.47. The van der Waals surface area contributed by atoms with Crippen LogP contribution in [0.5, 0.6) is 0 Å². The van der Waals surface area contributed by atoms with Crippen LogP contribution < -0.4 is 0 Å². The molecule has 1 N–H and O–H groups in total. The lowest BCUT2D eigenvalue weighted by molar-refractivity contribution is -0.0779. The van der Waals surface area contributed by atoms with Crippen LogP contribution in [0.3, 0.4) is 0 Å². The molecule has 0 bridgehead atoms. The summed E-state index contributed by atoms with van der Waals surface area (Å²) in [7, 11) is 0. The first kappa shape index (κ1) is 16.9. The zero-order chi connectivity index (χ0) is 13.9. The maximum atomic E-state index is 9.16. The first-order valence-corrected chi connectivity index (χ1v) is 8.24. The van der Waals surface area contributed by atoms with Crippen LogP contribution in [-0.2, 0) is 4.74 Å². The predicted molar refractivity (Wildman–Crippen MR) is 80.5 cm³/mol. The Labute approximate surface area is 119 Å². The Balaban J connectivity index is 1.98. The Kier molecular flexibility index (Phi) is 9.48. The maximum absolute atomic E-state index is 9.16. The number of hydrogen-bond acceptors (Lipinski definition) is 3. The van der Waals surface area contributed by atoms with Crippen LogP contribution in [0.4, 0.5) is 0 Å². The molecule has 0 aliphatic carbocycles. The first-order valence-electron chi connectivity index (χ1n) is 8.24. The van der Waals surface area contributed by atoms with Crippen molar-refractivity contribution in [3.63, 3.8) is 0 Å². The molecule has 0 aromatic rings. The Morgan fingerprint density at radius 2 is 1.68 bits per heavy atom. The van der Waals surface area contributed by atoms with Crippen molar-refractivity contribution >= 4 is 0 Å². The van der Waals surface area contributed by atoms with Gasteiger partial charge in [-0.15, -0.1) is 0 Å². The molecule has 0 aromatic carbocycles. The number of nitrogens with zero attached hydrogens (tertiary/aromatic N) is 1. The van der Waals surface area contributed by atoms with Gasteiger partial charge >= 0.3 is 0 Å². The molecule has 1 rings (SSSR count). The number of aliphatic hydroxyl groups is 1. The second-order valence-corrected chi connectivity index (χ2v) is 5.96. The van der Waals surface area contributed by atoms with E-state index in [-0.39, 0.29) is 12.7 Å². The minimum Gasteiger partial charge on any atom is -0.394 e. The molecular formula is C16H33NO2. The summed E-state index contributed by atoms with van der Waals surface area (Å²) in [6, 6.07) is 0.507. The summed E-state index contributed by atoms with van der Waals surface area (Å²) in [6.07, 6.45) is 11.0. The number of unbranched alkanes of at least 4 members (excludes halogenated alkanes) is 7. The zero-order valence-corrected chi connectivity index (χ0v) is 12.9. The highest BCUT2D eigenvalue weighted by Crippen LogP contribution is 2.14. The molecule has 3 nitrogen and oxygen atoms in total. The number of rotatable bonds is 10. The van der Waals surface area contributed by atoms with E-state index in [1.54, 1.807) is 0 Å². The molecule has 0 aromatic heterocycles. The Hall–Kier alpha value is -0.120. The van der Waals surface area contributed by atoms with Crippen molar-refractivity contribution in [1.82, 2.24) is 4.90 Å². The van der Waals surface area contributed by atoms with Crippen molar-refractivity contribution in [2.45, 2.75) is 77.4 Å². The summed E-state index contributed by atoms with van der Waals surface area (Å²) in [5, 5.41) is 9.16. The van der Waals surface area contributed by atoms with Gasteiger partial charge in [-0.3, -0.25) is 4.90 Å². The molecule has 0 spiro atoms. The molecule has 1 saturated heterocycles. The second-order valence-electron chi connectivity index (χ2n) is 5.96. The monoisotopic (exact) mass is 271 g/mol. The van der Waals surface area contributed by atoms with Crippen molar-refractivity contribution in [2.24, 2.45) is 0 Å². The largest absolute Gasteiger partial charge is 0.394 e. The molecule has 0 amide bonds. The molecule has 0 saturated carbocycles. The number of morpholine rings is 1. The van der Waals surface area contributed by atoms with E-state index in [4.69, 9.17) is 9.84 Å². The van der Waals surface area contributed by atoms with Crippen LogP contribution in [0, 0.1) is 0 Å². The maximum Gasteiger partial charge on any atom is 0.0933 e. The van der Waals surface area contributed by atoms with Gasteiger partial charge in [-0.1, -0.05) is 51.9 Å². The van der Waals surface area contributed by atoms with Crippen molar-refractivity contribution in [3.05, 3.63) is 0 Å². The van der Waals surface area contributed by atoms with Gasteiger partial charge in [-0.05, 0) is 19.9 Å². The van der Waals surface area contributed by atoms with Crippen LogP contribution >= 0.6 is 0 Å². The Morgan fingerprint density at radius 1 is 1.05 bits per heavy atom. The molecule has 1 aliphatic heterocycles. The highest BCUT2D eigenvalue weighted by atomic mass is 16.5. The molecule has 1 heterocycles. The van der Waals surface area contributed by atoms with E-state index in [2.05, 4.69) is 18.7 Å². The van der Waals surface area contributed by atoms with Crippen LogP contribution in [-0.4, -0.2) is 48.5 Å². The van der Waals surface area contributed by atoms with E-state index in [0.29, 0.717) is 6.04 Å². The van der Waals surface area contributed by atoms with Crippen LogP contribution in [0.15, 0.2) is 0 Å². The van der Waals surface area contributed by atoms with Crippen LogP contribution in [0.2, 0.25) is 0 Å². The van der Waals surface area contributed by atoms with Crippen LogP contribution in [0.25, 0.3) is 0 Å². The average molecular weight is 271 g/mol. The summed E-state index contributed by atoms with van der Waals surface area (Å²) in [5.41, 5.74) is 0. The number of hydrogen-bond donors (Lipinski definition) is 1. The third-order valence-corrected chi connectivity index (χ3v) is 4.14. The van der Waals surface area contributed by atoms with Crippen molar-refractivity contribution in [3.8, 4) is 0 Å². The lowest BCUT2D eigenvalue weighted by Gasteiger charge is -2.37. The van der Waals surface area contributed by atoms with Crippen molar-refractivity contribution in [2.75, 3.05) is 26.3 Å². The topological polar surface area (TPSA) is 32.7 Å². The molecule has 3 heteroatoms. The van der Waals surface area contributed by atoms with Gasteiger partial charge in [0, 0.05) is 12.6 Å². The molecule has 19 heavy (non-hydrogen) atoms. The fourth-order valence-electron chi connectivity index (χ4n) is 2.75. The smallest absolute Gasteiger partial charge is 0.0933 e. The van der Waals surface area contributed by atoms with Gasteiger partial charge in [-0.25, -0.2) is 0 Å². The van der Waals surface area contributed by atoms with Gasteiger partial charge in [0.25, 0.3) is 0 Å². The average Bonchev–Trinajstić information content (AvgIpc) is 2.43. The van der Waals surface area contributed by atoms with Gasteiger partial charge in [0.2, 0.25) is 0 Å². The lowest BCUT2D eigenvalue weighted by Crippen LogP contribution is -2.49. The van der Waals surface area contributed by atoms with Gasteiger partial charge in [0.15, 0.2) is 0 Å². The zero-order valence-electron chi connectivity index (χ0n) is 12.9. The highest BCUT2D eigenvalue weighted by molar-refractivity contribution is 4.76. The minimum atomic E-state index is 0.0326. The summed E-state index contributed by atoms with van der Waals surface area (Å²) in [5.74, 6) is 0. The van der Waals surface area contributed by atoms with Gasteiger partial charge < -0.3 is 9.84 Å². The minimum absolute atomic E-state index is 0.0326. The van der Waals surface area contributed by atoms with E-state index in [1.165, 1.54) is 51.4 Å². The van der Waals surface area contributed by atoms with Gasteiger partial charge in [0.05, 0.1) is 19.3 Å². The Bertz CT molecular complexity index is 211. The molecule has 0 radical (unpaired) electrons. The SMILES string of the molecule is CCCCCCCCCCN1CC(CO)OCC1C. The number of ether oxygens (including phenoxy) is 1. The molecule has 114 valence electrons. The fourth-order valence-corrected chi connectivity index (χ4v) is 2.75. The van der Waals surface area contributed by atoms with E-state index in [1.807, 2.05) is 0 Å². The van der Waals surface area contributed by atoms with Crippen molar-refractivity contribution < 1.29 is 9.84 Å². The van der Waals surface area contributed by atoms with E-state index >= 15 is 0 Å². The first-order chi connectivity index (χ1) is 9.27. The third-order valence-electron chi connectivity index (χ3n) is 4.14. The third kappa shape index (κ3) is 7.28. The lowest BCUT2D eigenvalue weighted by atomic mass is 10.1. The molecule has 2 unspecified atom stereocenters. The molecule has 1 fully saturated rings. The second kappa shape index (κ2) is 10.6. The normalized spacial score (nSPS) is 24.8. The van der Waals surface area contributed by atoms with E-state index < -0.39 is 0 Å². The number of aliphatic hydroxyl groups excluding tert-OH is 1. The van der Waals surface area contributed by atoms with E-state index in [9.17, 15) is 0 Å². The van der Waals surface area contributed by atoms with Crippen LogP contribution in [0.1, 0.15) is 65.2 Å². The van der Waals surface area contributed by atoms with Gasteiger partial charge in [-0.2, -0.15) is 0 Å². The van der Waals surface area contributed by atoms with Gasteiger partial charge in [0.1, 0.15) is 0 Å². The highest BCUT2D eigenvalue weighted by Gasteiger charge is 2.24. The predicted octanol–water partition coefficient (Wildman–Crippen LogP) is 3.21. The summed E-state index contributed by atoms with van der Waals surface area (Å²) >= 11 is 0. The molecule has 1 aliphatic rings. The summed E-state index contributed by atoms with van der Waals surface area (Å²) < 4.78 is 5.56. The quantitative estimate of drug-likeness (QED) is 0.619. The van der Waals surface area contributed by atoms with E-state index in [0.717, 1.165) is 19.7 Å². The Morgan fingerprint density at radius 3 is 2.32 bits per heavy atom. The summed E-state index contributed by atoms with van der Waals surface area (Å²) in [4.78, 5) is 2.47. The standard InChI is InChI=1S/C16H33NO2/c1-3-4-5-6-7-8-9-10-11-17-12-16(13-18)19-14-15(17)2/h15-16,18H,3-14H2,1-2H3. The van der Waals surface area contributed by atoms with Crippen molar-refractivity contribution in [1.29, 1.82) is 0 Å². The molecular weight excluding hydrogens is 238 g/mol.